The van der Waals surface area contributed by atoms with Gasteiger partial charge in [-0.15, -0.1) is 0 Å². The molecule has 1 aromatic heterocycles. The molecule has 3 aromatic rings. The maximum Gasteiger partial charge on any atom is 0.323 e. The number of hydrogen-bond donors (Lipinski definition) is 2. The number of benzene rings is 2. The summed E-state index contributed by atoms with van der Waals surface area (Å²) in [6.07, 6.45) is 0.938. The lowest BCUT2D eigenvalue weighted by molar-refractivity contribution is 0.0594. The van der Waals surface area contributed by atoms with Crippen LogP contribution < -0.4 is 20.9 Å². The molecule has 2 atom stereocenters. The van der Waals surface area contributed by atoms with Crippen molar-refractivity contribution in [3.8, 4) is 5.75 Å². The highest BCUT2D eigenvalue weighted by molar-refractivity contribution is 5.99. The monoisotopic (exact) mass is 458 g/mol. The minimum absolute atomic E-state index is 0.0102. The summed E-state index contributed by atoms with van der Waals surface area (Å²) in [5.74, 6) is 0.959. The van der Waals surface area contributed by atoms with Gasteiger partial charge in [0.1, 0.15) is 11.4 Å². The third kappa shape index (κ3) is 4.26. The molecule has 2 bridgehead atoms. The number of likely N-dealkylation sites (tertiary alicyclic amines) is 1. The molecule has 2 aliphatic rings. The third-order valence-corrected chi connectivity index (χ3v) is 6.51. The fraction of sp³-hybridized carbons (Fsp3) is 0.269. The Morgan fingerprint density at radius 1 is 0.912 bits per heavy atom. The maximum absolute atomic E-state index is 13.2. The summed E-state index contributed by atoms with van der Waals surface area (Å²) >= 11 is 0. The van der Waals surface area contributed by atoms with Gasteiger partial charge in [0, 0.05) is 42.5 Å². The second-order valence-electron chi connectivity index (χ2n) is 8.77. The van der Waals surface area contributed by atoms with Crippen molar-refractivity contribution in [1.29, 1.82) is 0 Å². The summed E-state index contributed by atoms with van der Waals surface area (Å²) < 4.78 is 6.94. The number of aromatic nitrogens is 1. The zero-order valence-electron chi connectivity index (χ0n) is 18.9. The maximum atomic E-state index is 13.2. The number of para-hydroxylation sites is 1. The van der Waals surface area contributed by atoms with Crippen molar-refractivity contribution in [1.82, 2.24) is 9.47 Å². The predicted octanol–water partition coefficient (Wildman–Crippen LogP) is 3.76. The quantitative estimate of drug-likeness (QED) is 0.623. The fourth-order valence-electron chi connectivity index (χ4n) is 4.93. The van der Waals surface area contributed by atoms with Crippen molar-refractivity contribution in [2.45, 2.75) is 18.9 Å². The van der Waals surface area contributed by atoms with Crippen LogP contribution in [0.15, 0.2) is 71.5 Å². The van der Waals surface area contributed by atoms with Gasteiger partial charge in [0.25, 0.3) is 11.5 Å². The largest absolute Gasteiger partial charge is 0.497 e. The van der Waals surface area contributed by atoms with Crippen LogP contribution in [0.25, 0.3) is 0 Å². The molecule has 2 N–H and O–H groups in total. The molecule has 2 aromatic carbocycles. The number of ether oxygens (including phenoxy) is 1. The van der Waals surface area contributed by atoms with Gasteiger partial charge in [0.05, 0.1) is 7.11 Å². The second kappa shape index (κ2) is 9.05. The van der Waals surface area contributed by atoms with E-state index >= 15 is 0 Å². The molecule has 0 aliphatic carbocycles. The first-order valence-electron chi connectivity index (χ1n) is 11.3. The number of methoxy groups -OCH3 is 1. The summed E-state index contributed by atoms with van der Waals surface area (Å²) in [6.45, 7) is 1.67. The first kappa shape index (κ1) is 21.8. The number of carbonyl (C=O) groups excluding carboxylic acids is 2. The van der Waals surface area contributed by atoms with Crippen molar-refractivity contribution in [2.75, 3.05) is 30.8 Å². The van der Waals surface area contributed by atoms with E-state index in [4.69, 9.17) is 4.74 Å². The minimum Gasteiger partial charge on any atom is -0.497 e. The van der Waals surface area contributed by atoms with Gasteiger partial charge in [0.15, 0.2) is 0 Å². The molecule has 0 radical (unpaired) electrons. The second-order valence-corrected chi connectivity index (χ2v) is 8.77. The fourth-order valence-corrected chi connectivity index (χ4v) is 4.93. The summed E-state index contributed by atoms with van der Waals surface area (Å²) in [5, 5.41) is 5.40. The Morgan fingerprint density at radius 3 is 2.41 bits per heavy atom. The number of anilines is 2. The minimum atomic E-state index is -0.462. The first-order chi connectivity index (χ1) is 16.5. The number of nitrogens with zero attached hydrogens (tertiary/aromatic N) is 2. The first-order valence-corrected chi connectivity index (χ1v) is 11.3. The van der Waals surface area contributed by atoms with Crippen LogP contribution >= 0.6 is 0 Å². The van der Waals surface area contributed by atoms with E-state index in [0.29, 0.717) is 36.6 Å². The average molecular weight is 459 g/mol. The van der Waals surface area contributed by atoms with Crippen molar-refractivity contribution in [3.05, 3.63) is 88.3 Å². The Kier molecular flexibility index (Phi) is 5.79. The SMILES string of the molecule is COc1ccc(C(=O)N2CC3CC(C2)c2ccc(NC(=O)Nc4ccccc4)c(=O)n2C3)cc1. The smallest absolute Gasteiger partial charge is 0.323 e. The van der Waals surface area contributed by atoms with E-state index in [1.54, 1.807) is 54.1 Å². The van der Waals surface area contributed by atoms with Crippen LogP contribution in [0, 0.1) is 5.92 Å². The number of piperidine rings is 1. The number of pyridine rings is 1. The zero-order valence-corrected chi connectivity index (χ0v) is 18.9. The van der Waals surface area contributed by atoms with Crippen molar-refractivity contribution >= 4 is 23.3 Å². The topological polar surface area (TPSA) is 92.7 Å². The third-order valence-electron chi connectivity index (χ3n) is 6.51. The van der Waals surface area contributed by atoms with E-state index in [2.05, 4.69) is 10.6 Å². The molecule has 8 nitrogen and oxygen atoms in total. The summed E-state index contributed by atoms with van der Waals surface area (Å²) in [7, 11) is 1.60. The lowest BCUT2D eigenvalue weighted by Gasteiger charge is -2.43. The van der Waals surface area contributed by atoms with E-state index in [1.165, 1.54) is 0 Å². The number of hydrogen-bond acceptors (Lipinski definition) is 4. The molecular formula is C26H26N4O4. The van der Waals surface area contributed by atoms with Gasteiger partial charge in [0.2, 0.25) is 0 Å². The van der Waals surface area contributed by atoms with Crippen LogP contribution in [-0.2, 0) is 6.54 Å². The summed E-state index contributed by atoms with van der Waals surface area (Å²) in [4.78, 5) is 40.5. The normalized spacial score (nSPS) is 18.6. The van der Waals surface area contributed by atoms with Crippen LogP contribution in [0.1, 0.15) is 28.4 Å². The van der Waals surface area contributed by atoms with Crippen LogP contribution in [-0.4, -0.2) is 41.6 Å². The molecule has 0 spiro atoms. The van der Waals surface area contributed by atoms with Crippen LogP contribution in [0.2, 0.25) is 0 Å². The lowest BCUT2D eigenvalue weighted by Crippen LogP contribution is -2.49. The Balaban J connectivity index is 1.32. The van der Waals surface area contributed by atoms with Crippen LogP contribution in [0.4, 0.5) is 16.2 Å². The molecule has 2 unspecified atom stereocenters. The molecule has 3 heterocycles. The van der Waals surface area contributed by atoms with Gasteiger partial charge in [-0.25, -0.2) is 4.79 Å². The van der Waals surface area contributed by atoms with Gasteiger partial charge in [-0.2, -0.15) is 0 Å². The number of nitrogens with one attached hydrogen (secondary N) is 2. The number of urea groups is 1. The molecule has 174 valence electrons. The average Bonchev–Trinajstić information content (AvgIpc) is 2.86. The molecular weight excluding hydrogens is 432 g/mol. The molecule has 3 amide bonds. The predicted molar refractivity (Wildman–Crippen MR) is 130 cm³/mol. The molecule has 34 heavy (non-hydrogen) atoms. The summed E-state index contributed by atoms with van der Waals surface area (Å²) in [5.41, 5.74) is 2.20. The van der Waals surface area contributed by atoms with E-state index in [0.717, 1.165) is 12.1 Å². The molecule has 8 heteroatoms. The Morgan fingerprint density at radius 2 is 1.68 bits per heavy atom. The van der Waals surface area contributed by atoms with Gasteiger partial charge >= 0.3 is 6.03 Å². The van der Waals surface area contributed by atoms with E-state index < -0.39 is 6.03 Å². The molecule has 2 aliphatic heterocycles. The number of amides is 3. The highest BCUT2D eigenvalue weighted by Gasteiger charge is 2.37. The Hall–Kier alpha value is -4.07. The standard InChI is InChI=1S/C26H26N4O4/c1-34-21-9-7-18(8-10-21)24(31)29-14-17-13-19(16-29)23-12-11-22(25(32)30(23)15-17)28-26(33)27-20-5-3-2-4-6-20/h2-12,17,19H,13-16H2,1H3,(H2,27,28,33). The van der Waals surface area contributed by atoms with E-state index in [9.17, 15) is 14.4 Å². The molecule has 0 saturated carbocycles. The van der Waals surface area contributed by atoms with Crippen LogP contribution in [0.5, 0.6) is 5.75 Å². The van der Waals surface area contributed by atoms with Crippen LogP contribution in [0.3, 0.4) is 0 Å². The molecule has 1 fully saturated rings. The zero-order chi connectivity index (χ0) is 23.7. The van der Waals surface area contributed by atoms with Gasteiger partial charge in [-0.3, -0.25) is 9.59 Å². The van der Waals surface area contributed by atoms with E-state index in [1.807, 2.05) is 29.2 Å². The Bertz CT molecular complexity index is 1270. The summed E-state index contributed by atoms with van der Waals surface area (Å²) in [6, 6.07) is 19.3. The number of rotatable bonds is 4. The Labute approximate surface area is 197 Å². The van der Waals surface area contributed by atoms with Crippen molar-refractivity contribution in [3.63, 3.8) is 0 Å². The van der Waals surface area contributed by atoms with Gasteiger partial charge < -0.3 is 24.8 Å². The number of carbonyl (C=O) groups is 2. The number of fused-ring (bicyclic) bond motifs is 4. The molecule has 5 rings (SSSR count). The highest BCUT2D eigenvalue weighted by Crippen LogP contribution is 2.36. The highest BCUT2D eigenvalue weighted by atomic mass is 16.5. The lowest BCUT2D eigenvalue weighted by atomic mass is 9.83. The van der Waals surface area contributed by atoms with Crippen molar-refractivity contribution in [2.24, 2.45) is 5.92 Å². The van der Waals surface area contributed by atoms with Gasteiger partial charge in [-0.1, -0.05) is 18.2 Å². The van der Waals surface area contributed by atoms with Gasteiger partial charge in [-0.05, 0) is 60.9 Å². The van der Waals surface area contributed by atoms with E-state index in [-0.39, 0.29) is 29.0 Å². The van der Waals surface area contributed by atoms with Crippen molar-refractivity contribution < 1.29 is 14.3 Å². The molecule has 1 saturated heterocycles.